The molecule has 3 aromatic rings. The van der Waals surface area contributed by atoms with Crippen LogP contribution in [-0.2, 0) is 24.4 Å². The van der Waals surface area contributed by atoms with Crippen molar-refractivity contribution >= 4 is 49.9 Å². The molecule has 278 valence electrons. The number of amides is 2. The number of thiazole rings is 1. The Balaban J connectivity index is 1.21. The van der Waals surface area contributed by atoms with Gasteiger partial charge in [-0.15, -0.1) is 11.3 Å². The maximum absolute atomic E-state index is 14.4. The number of benzene rings is 1. The normalized spacial score (nSPS) is 27.5. The number of rotatable bonds is 8. The molecule has 11 nitrogen and oxygen atoms in total. The molecule has 3 heterocycles. The number of aryl methyl sites for hydroxylation is 1. The maximum atomic E-state index is 14.4. The quantitative estimate of drug-likeness (QED) is 0.261. The summed E-state index contributed by atoms with van der Waals surface area (Å²) in [4.78, 5) is 53.7. The third-order valence-corrected chi connectivity index (χ3v) is 14.1. The first-order valence-corrected chi connectivity index (χ1v) is 20.8. The Hall–Kier alpha value is -3.84. The Labute approximate surface area is 309 Å². The van der Waals surface area contributed by atoms with Crippen molar-refractivity contribution in [1.82, 2.24) is 19.6 Å². The molecular weight excluding hydrogens is 701 g/mol. The molecular formula is C39H48N4O7S2. The number of carbonyl (C=O) groups excluding carboxylic acids is 3. The van der Waals surface area contributed by atoms with Crippen LogP contribution in [0.3, 0.4) is 0 Å². The summed E-state index contributed by atoms with van der Waals surface area (Å²) < 4.78 is 40.4. The van der Waals surface area contributed by atoms with Crippen molar-refractivity contribution in [3.05, 3.63) is 47.0 Å². The molecule has 0 saturated heterocycles. The fraction of sp³-hybridized carbons (Fsp3) is 0.564. The van der Waals surface area contributed by atoms with E-state index in [2.05, 4.69) is 18.6 Å². The van der Waals surface area contributed by atoms with Crippen LogP contribution in [0.2, 0.25) is 0 Å². The summed E-state index contributed by atoms with van der Waals surface area (Å²) >= 11 is 1.52. The van der Waals surface area contributed by atoms with Crippen LogP contribution in [0.5, 0.6) is 11.5 Å². The summed E-state index contributed by atoms with van der Waals surface area (Å²) in [6, 6.07) is 5.70. The summed E-state index contributed by atoms with van der Waals surface area (Å²) in [6.07, 6.45) is 7.95. The largest absolute Gasteiger partial charge is 0.496 e. The van der Waals surface area contributed by atoms with Gasteiger partial charge in [0.05, 0.1) is 34.9 Å². The molecule has 0 bridgehead atoms. The molecule has 1 N–H and O–H groups in total. The summed E-state index contributed by atoms with van der Waals surface area (Å²) in [5.41, 5.74) is 2.08. The van der Waals surface area contributed by atoms with Gasteiger partial charge in [0.1, 0.15) is 34.1 Å². The highest BCUT2D eigenvalue weighted by Gasteiger charge is 2.61. The molecule has 2 aromatic heterocycles. The highest BCUT2D eigenvalue weighted by molar-refractivity contribution is 7.90. The van der Waals surface area contributed by atoms with E-state index in [1.165, 1.54) is 11.3 Å². The standard InChI is InChI=1S/C39H48N4O7S2/c1-22(2)31-21-51-36(41-31)30-18-34(27-13-14-33(49-5)23(3)35(27)40-30)50-25-16-28-29(17-25)37(45)43(4)15-9-7-6-8-10-24-19-39(24,20-32(28)44)38(46)42-52(47,48)26-11-12-26/h8,10,13-14,18,21-22,24-26,28-29H,6-7,9,11-12,15-17,19-20H2,1-5H3,(H,42,46)/b10-8-/t24-,25-,28-,29-,39-/m1/s1. The van der Waals surface area contributed by atoms with Gasteiger partial charge in [0, 0.05) is 48.3 Å². The molecule has 3 fully saturated rings. The minimum Gasteiger partial charge on any atom is -0.496 e. The zero-order chi connectivity index (χ0) is 36.9. The van der Waals surface area contributed by atoms with Crippen LogP contribution in [0.15, 0.2) is 35.7 Å². The van der Waals surface area contributed by atoms with E-state index in [1.807, 2.05) is 42.7 Å². The van der Waals surface area contributed by atoms with E-state index in [4.69, 9.17) is 19.4 Å². The van der Waals surface area contributed by atoms with Crippen LogP contribution < -0.4 is 14.2 Å². The minimum absolute atomic E-state index is 0.107. The lowest BCUT2D eigenvalue weighted by molar-refractivity contribution is -0.140. The lowest BCUT2D eigenvalue weighted by Crippen LogP contribution is -2.42. The van der Waals surface area contributed by atoms with Gasteiger partial charge in [-0.3, -0.25) is 19.1 Å². The predicted octanol–water partition coefficient (Wildman–Crippen LogP) is 6.34. The molecule has 0 spiro atoms. The number of hydrogen-bond donors (Lipinski definition) is 1. The number of fused-ring (bicyclic) bond motifs is 3. The molecule has 13 heteroatoms. The Morgan fingerprint density at radius 1 is 1.10 bits per heavy atom. The zero-order valence-corrected chi connectivity index (χ0v) is 32.1. The van der Waals surface area contributed by atoms with Crippen molar-refractivity contribution in [2.24, 2.45) is 23.2 Å². The first-order chi connectivity index (χ1) is 24.8. The van der Waals surface area contributed by atoms with E-state index in [0.717, 1.165) is 46.4 Å². The minimum atomic E-state index is -3.79. The number of carbonyl (C=O) groups is 3. The number of allylic oxidation sites excluding steroid dienone is 2. The number of pyridine rings is 1. The Bertz CT molecular complexity index is 2040. The fourth-order valence-electron chi connectivity index (χ4n) is 7.90. The van der Waals surface area contributed by atoms with E-state index in [0.29, 0.717) is 55.8 Å². The Morgan fingerprint density at radius 2 is 1.87 bits per heavy atom. The second-order valence-corrected chi connectivity index (χ2v) is 18.2. The first kappa shape index (κ1) is 36.5. The molecule has 1 aromatic carbocycles. The molecule has 5 atom stereocenters. The van der Waals surface area contributed by atoms with E-state index < -0.39 is 44.5 Å². The summed E-state index contributed by atoms with van der Waals surface area (Å²) in [5.74, 6) is -0.909. The van der Waals surface area contributed by atoms with Gasteiger partial charge in [-0.2, -0.15) is 0 Å². The van der Waals surface area contributed by atoms with Crippen molar-refractivity contribution in [3.63, 3.8) is 0 Å². The summed E-state index contributed by atoms with van der Waals surface area (Å²) in [7, 11) is -0.379. The average Bonchev–Trinajstić information content (AvgIpc) is 3.98. The molecule has 1 aliphatic heterocycles. The van der Waals surface area contributed by atoms with E-state index in [9.17, 15) is 22.8 Å². The Morgan fingerprint density at radius 3 is 2.58 bits per heavy atom. The lowest BCUT2D eigenvalue weighted by Gasteiger charge is -2.26. The number of sulfonamides is 1. The predicted molar refractivity (Wildman–Crippen MR) is 200 cm³/mol. The first-order valence-electron chi connectivity index (χ1n) is 18.4. The van der Waals surface area contributed by atoms with Gasteiger partial charge >= 0.3 is 0 Å². The van der Waals surface area contributed by atoms with Crippen molar-refractivity contribution in [2.75, 3.05) is 20.7 Å². The second kappa shape index (κ2) is 14.2. The number of nitrogens with one attached hydrogen (secondary N) is 1. The van der Waals surface area contributed by atoms with Gasteiger partial charge in [0.15, 0.2) is 0 Å². The van der Waals surface area contributed by atoms with Crippen LogP contribution in [0.4, 0.5) is 0 Å². The van der Waals surface area contributed by atoms with Gasteiger partial charge in [0.2, 0.25) is 21.8 Å². The zero-order valence-electron chi connectivity index (χ0n) is 30.5. The SMILES string of the molecule is COc1ccc2c(O[C@@H]3C[C@H]4C(=O)C[C@]5(C(=O)NS(=O)(=O)C6CC6)C[C@H]5/C=C\CCCCN(C)C(=O)[C@@H]4C3)cc(-c3nc(C(C)C)cs3)nc2c1C. The van der Waals surface area contributed by atoms with Crippen molar-refractivity contribution in [3.8, 4) is 22.2 Å². The molecule has 0 unspecified atom stereocenters. The van der Waals surface area contributed by atoms with Gasteiger partial charge < -0.3 is 14.4 Å². The monoisotopic (exact) mass is 748 g/mol. The third-order valence-electron chi connectivity index (χ3n) is 11.4. The van der Waals surface area contributed by atoms with Gasteiger partial charge in [-0.25, -0.2) is 18.4 Å². The number of Topliss-reactive ketones (excluding diaryl/α,β-unsaturated/α-hetero) is 1. The van der Waals surface area contributed by atoms with Crippen molar-refractivity contribution in [1.29, 1.82) is 0 Å². The van der Waals surface area contributed by atoms with Crippen LogP contribution in [-0.4, -0.2) is 72.9 Å². The van der Waals surface area contributed by atoms with Crippen LogP contribution in [0, 0.1) is 30.1 Å². The lowest BCUT2D eigenvalue weighted by atomic mass is 9.84. The van der Waals surface area contributed by atoms with Crippen LogP contribution in [0.1, 0.15) is 88.8 Å². The summed E-state index contributed by atoms with van der Waals surface area (Å²) in [5, 5.41) is 3.04. The number of nitrogens with zero attached hydrogens (tertiary/aromatic N) is 3. The molecule has 0 radical (unpaired) electrons. The Kier molecular flexibility index (Phi) is 9.96. The summed E-state index contributed by atoms with van der Waals surface area (Å²) in [6.45, 7) is 6.73. The number of aromatic nitrogens is 2. The van der Waals surface area contributed by atoms with Gasteiger partial charge in [-0.1, -0.05) is 26.0 Å². The van der Waals surface area contributed by atoms with Crippen molar-refractivity contribution in [2.45, 2.75) is 95.8 Å². The molecule has 3 saturated carbocycles. The highest BCUT2D eigenvalue weighted by atomic mass is 32.2. The van der Waals surface area contributed by atoms with E-state index in [1.54, 1.807) is 19.1 Å². The third kappa shape index (κ3) is 7.10. The number of hydrogen-bond acceptors (Lipinski definition) is 10. The molecule has 52 heavy (non-hydrogen) atoms. The second-order valence-electron chi connectivity index (χ2n) is 15.4. The molecule has 2 amide bonds. The average molecular weight is 749 g/mol. The highest BCUT2D eigenvalue weighted by Crippen LogP contribution is 2.58. The van der Waals surface area contributed by atoms with Crippen LogP contribution in [0.25, 0.3) is 21.6 Å². The van der Waals surface area contributed by atoms with Crippen LogP contribution >= 0.6 is 11.3 Å². The molecule has 3 aliphatic carbocycles. The van der Waals surface area contributed by atoms with E-state index >= 15 is 0 Å². The van der Waals surface area contributed by atoms with Gasteiger partial charge in [-0.05, 0) is 82.3 Å². The number of ketones is 1. The molecule has 7 rings (SSSR count). The maximum Gasteiger partial charge on any atom is 0.240 e. The number of methoxy groups -OCH3 is 1. The van der Waals surface area contributed by atoms with Gasteiger partial charge in [0.25, 0.3) is 0 Å². The topological polar surface area (TPSA) is 145 Å². The fourth-order valence-corrected chi connectivity index (χ4v) is 10.2. The smallest absolute Gasteiger partial charge is 0.240 e. The van der Waals surface area contributed by atoms with E-state index in [-0.39, 0.29) is 29.9 Å². The molecule has 4 aliphatic rings. The van der Waals surface area contributed by atoms with Crippen molar-refractivity contribution < 1.29 is 32.3 Å². The number of ether oxygens (including phenoxy) is 2.